The van der Waals surface area contributed by atoms with Crippen molar-refractivity contribution in [3.63, 3.8) is 0 Å². The van der Waals surface area contributed by atoms with Gasteiger partial charge in [-0.25, -0.2) is 9.97 Å². The number of amides is 1. The van der Waals surface area contributed by atoms with Crippen LogP contribution in [-0.4, -0.2) is 48.2 Å². The summed E-state index contributed by atoms with van der Waals surface area (Å²) >= 11 is 0. The van der Waals surface area contributed by atoms with Crippen molar-refractivity contribution in [3.05, 3.63) is 42.4 Å². The van der Waals surface area contributed by atoms with E-state index in [-0.39, 0.29) is 11.9 Å². The monoisotopic (exact) mass is 367 g/mol. The van der Waals surface area contributed by atoms with E-state index >= 15 is 0 Å². The van der Waals surface area contributed by atoms with E-state index in [2.05, 4.69) is 31.6 Å². The first kappa shape index (κ1) is 17.7. The Balaban J connectivity index is 1.43. The Morgan fingerprint density at radius 2 is 1.85 bits per heavy atom. The highest BCUT2D eigenvalue weighted by Gasteiger charge is 2.19. The van der Waals surface area contributed by atoms with Crippen LogP contribution in [0.25, 0.3) is 0 Å². The molecule has 7 heteroatoms. The Bertz CT molecular complexity index is 768. The molecule has 0 bridgehead atoms. The van der Waals surface area contributed by atoms with Crippen molar-refractivity contribution in [2.24, 2.45) is 0 Å². The van der Waals surface area contributed by atoms with Crippen LogP contribution in [0.15, 0.2) is 36.7 Å². The number of nitrogens with zero attached hydrogens (tertiary/aromatic N) is 3. The van der Waals surface area contributed by atoms with Gasteiger partial charge in [0.1, 0.15) is 11.5 Å². The highest BCUT2D eigenvalue weighted by atomic mass is 16.5. The van der Waals surface area contributed by atoms with Gasteiger partial charge in [0.25, 0.3) is 5.91 Å². The fourth-order valence-corrected chi connectivity index (χ4v) is 3.64. The Labute approximate surface area is 159 Å². The number of ether oxygens (including phenoxy) is 1. The largest absolute Gasteiger partial charge is 0.378 e. The second-order valence-electron chi connectivity index (χ2n) is 6.98. The van der Waals surface area contributed by atoms with Crippen molar-refractivity contribution in [1.29, 1.82) is 0 Å². The molecule has 0 unspecified atom stereocenters. The number of rotatable bonds is 5. The third kappa shape index (κ3) is 4.36. The highest BCUT2D eigenvalue weighted by Crippen LogP contribution is 2.28. The van der Waals surface area contributed by atoms with Gasteiger partial charge in [0.2, 0.25) is 0 Å². The lowest BCUT2D eigenvalue weighted by Crippen LogP contribution is -2.36. The van der Waals surface area contributed by atoms with E-state index in [9.17, 15) is 4.79 Å². The number of nitrogens with one attached hydrogen (secondary N) is 2. The molecule has 0 spiro atoms. The zero-order valence-corrected chi connectivity index (χ0v) is 15.4. The van der Waals surface area contributed by atoms with Crippen molar-refractivity contribution in [2.45, 2.75) is 31.7 Å². The number of morpholine rings is 1. The highest BCUT2D eigenvalue weighted by molar-refractivity contribution is 5.92. The first-order chi connectivity index (χ1) is 13.3. The molecular formula is C20H25N5O2. The molecule has 1 aromatic carbocycles. The lowest BCUT2D eigenvalue weighted by atomic mass is 10.2. The molecule has 142 valence electrons. The van der Waals surface area contributed by atoms with Crippen molar-refractivity contribution in [3.8, 4) is 0 Å². The number of carbonyl (C=O) groups excluding carboxylic acids is 1. The quantitative estimate of drug-likeness (QED) is 0.846. The van der Waals surface area contributed by atoms with Crippen molar-refractivity contribution in [1.82, 2.24) is 15.3 Å². The molecule has 27 heavy (non-hydrogen) atoms. The van der Waals surface area contributed by atoms with Gasteiger partial charge in [0, 0.05) is 19.1 Å². The third-order valence-electron chi connectivity index (χ3n) is 5.09. The predicted octanol–water partition coefficient (Wildman–Crippen LogP) is 2.73. The van der Waals surface area contributed by atoms with Crippen LogP contribution in [-0.2, 0) is 4.74 Å². The van der Waals surface area contributed by atoms with Crippen LogP contribution in [0.1, 0.15) is 36.2 Å². The molecule has 1 aliphatic heterocycles. The minimum Gasteiger partial charge on any atom is -0.378 e. The third-order valence-corrected chi connectivity index (χ3v) is 5.09. The van der Waals surface area contributed by atoms with Crippen LogP contribution < -0.4 is 15.5 Å². The van der Waals surface area contributed by atoms with Crippen molar-refractivity contribution in [2.75, 3.05) is 36.5 Å². The first-order valence-corrected chi connectivity index (χ1v) is 9.61. The lowest BCUT2D eigenvalue weighted by molar-refractivity contribution is 0.0932. The molecule has 2 fully saturated rings. The maximum Gasteiger partial charge on any atom is 0.271 e. The van der Waals surface area contributed by atoms with E-state index in [0.717, 1.165) is 50.5 Å². The fourth-order valence-electron chi connectivity index (χ4n) is 3.64. The second-order valence-corrected chi connectivity index (χ2v) is 6.98. The van der Waals surface area contributed by atoms with Crippen LogP contribution in [0.3, 0.4) is 0 Å². The molecule has 0 radical (unpaired) electrons. The van der Waals surface area contributed by atoms with Gasteiger partial charge in [0.05, 0.1) is 37.0 Å². The standard InChI is InChI=1S/C20H25N5O2/c26-20(23-15-5-1-2-6-15)17-13-22-19(14-21-17)24-16-7-3-4-8-18(16)25-9-11-27-12-10-25/h3-4,7-8,13-15H,1-2,5-6,9-12H2,(H,22,24)(H,23,26). The van der Waals surface area contributed by atoms with E-state index in [1.165, 1.54) is 19.0 Å². The lowest BCUT2D eigenvalue weighted by Gasteiger charge is -2.30. The zero-order valence-electron chi connectivity index (χ0n) is 15.4. The van der Waals surface area contributed by atoms with Crippen LogP contribution in [0, 0.1) is 0 Å². The summed E-state index contributed by atoms with van der Waals surface area (Å²) < 4.78 is 5.44. The molecular weight excluding hydrogens is 342 g/mol. The van der Waals surface area contributed by atoms with E-state index in [1.807, 2.05) is 18.2 Å². The number of anilines is 3. The van der Waals surface area contributed by atoms with Crippen molar-refractivity contribution < 1.29 is 9.53 Å². The molecule has 1 aliphatic carbocycles. The molecule has 2 aromatic rings. The minimum absolute atomic E-state index is 0.144. The zero-order chi connectivity index (χ0) is 18.5. The summed E-state index contributed by atoms with van der Waals surface area (Å²) in [6.45, 7) is 3.20. The van der Waals surface area contributed by atoms with E-state index < -0.39 is 0 Å². The maximum atomic E-state index is 12.3. The van der Waals surface area contributed by atoms with E-state index in [1.54, 1.807) is 6.20 Å². The smallest absolute Gasteiger partial charge is 0.271 e. The maximum absolute atomic E-state index is 12.3. The minimum atomic E-state index is -0.144. The number of hydrogen-bond acceptors (Lipinski definition) is 6. The summed E-state index contributed by atoms with van der Waals surface area (Å²) in [5, 5.41) is 6.36. The van der Waals surface area contributed by atoms with Crippen LogP contribution in [0.5, 0.6) is 0 Å². The topological polar surface area (TPSA) is 79.4 Å². The normalized spacial score (nSPS) is 17.7. The Hall–Kier alpha value is -2.67. The van der Waals surface area contributed by atoms with Gasteiger partial charge < -0.3 is 20.3 Å². The number of hydrogen-bond donors (Lipinski definition) is 2. The van der Waals surface area contributed by atoms with Crippen LogP contribution in [0.2, 0.25) is 0 Å². The summed E-state index contributed by atoms with van der Waals surface area (Å²) in [4.78, 5) is 23.2. The number of carbonyl (C=O) groups is 1. The Kier molecular flexibility index (Phi) is 5.48. The number of benzene rings is 1. The SMILES string of the molecule is O=C(NC1CCCC1)c1cnc(Nc2ccccc2N2CCOCC2)cn1. The number of aromatic nitrogens is 2. The summed E-state index contributed by atoms with van der Waals surface area (Å²) in [6.07, 6.45) is 7.61. The molecule has 2 heterocycles. The second kappa shape index (κ2) is 8.35. The first-order valence-electron chi connectivity index (χ1n) is 9.61. The van der Waals surface area contributed by atoms with Gasteiger partial charge >= 0.3 is 0 Å². The molecule has 0 atom stereocenters. The average molecular weight is 367 g/mol. The molecule has 7 nitrogen and oxygen atoms in total. The van der Waals surface area contributed by atoms with E-state index in [0.29, 0.717) is 11.5 Å². The van der Waals surface area contributed by atoms with Crippen LogP contribution >= 0.6 is 0 Å². The molecule has 2 N–H and O–H groups in total. The van der Waals surface area contributed by atoms with Gasteiger partial charge in [-0.2, -0.15) is 0 Å². The predicted molar refractivity (Wildman–Crippen MR) is 105 cm³/mol. The molecule has 1 amide bonds. The molecule has 1 saturated heterocycles. The summed E-state index contributed by atoms with van der Waals surface area (Å²) in [6, 6.07) is 8.40. The van der Waals surface area contributed by atoms with Gasteiger partial charge in [-0.1, -0.05) is 25.0 Å². The summed E-state index contributed by atoms with van der Waals surface area (Å²) in [5.74, 6) is 0.475. The Morgan fingerprint density at radius 3 is 2.59 bits per heavy atom. The summed E-state index contributed by atoms with van der Waals surface area (Å²) in [7, 11) is 0. The van der Waals surface area contributed by atoms with Gasteiger partial charge in [-0.05, 0) is 25.0 Å². The van der Waals surface area contributed by atoms with Crippen LogP contribution in [0.4, 0.5) is 17.2 Å². The molecule has 4 rings (SSSR count). The van der Waals surface area contributed by atoms with Gasteiger partial charge in [0.15, 0.2) is 0 Å². The molecule has 1 aromatic heterocycles. The van der Waals surface area contributed by atoms with Gasteiger partial charge in [-0.3, -0.25) is 4.79 Å². The molecule has 1 saturated carbocycles. The average Bonchev–Trinajstić information content (AvgIpc) is 3.23. The molecule has 2 aliphatic rings. The number of para-hydroxylation sites is 2. The fraction of sp³-hybridized carbons (Fsp3) is 0.450. The Morgan fingerprint density at radius 1 is 1.07 bits per heavy atom. The summed E-state index contributed by atoms with van der Waals surface area (Å²) in [5.41, 5.74) is 2.44. The van der Waals surface area contributed by atoms with Crippen molar-refractivity contribution >= 4 is 23.1 Å². The van der Waals surface area contributed by atoms with E-state index in [4.69, 9.17) is 4.74 Å². The van der Waals surface area contributed by atoms with Gasteiger partial charge in [-0.15, -0.1) is 0 Å².